The van der Waals surface area contributed by atoms with Crippen LogP contribution in [0.2, 0.25) is 0 Å². The molecular formula is C24H30BrN7O5. The van der Waals surface area contributed by atoms with Gasteiger partial charge in [0.25, 0.3) is 0 Å². The number of fused-ring (bicyclic) bond motifs is 1. The van der Waals surface area contributed by atoms with E-state index >= 15 is 0 Å². The number of aliphatic imine (C=N–C) groups is 1. The molecule has 0 saturated heterocycles. The summed E-state index contributed by atoms with van der Waals surface area (Å²) in [6.07, 6.45) is 4.09. The molecule has 1 aromatic carbocycles. The first-order valence-corrected chi connectivity index (χ1v) is 12.8. The van der Waals surface area contributed by atoms with E-state index < -0.39 is 24.3 Å². The monoisotopic (exact) mass is 575 g/mol. The Morgan fingerprint density at radius 2 is 2.14 bits per heavy atom. The smallest absolute Gasteiger partial charge is 0.419 e. The molecule has 0 bridgehead atoms. The summed E-state index contributed by atoms with van der Waals surface area (Å²) in [4.78, 5) is 42.9. The van der Waals surface area contributed by atoms with Crippen LogP contribution in [0.4, 0.5) is 10.5 Å². The second-order valence-corrected chi connectivity index (χ2v) is 9.55. The number of hydrogen-bond acceptors (Lipinski definition) is 9. The van der Waals surface area contributed by atoms with E-state index in [1.165, 1.54) is 11.8 Å². The van der Waals surface area contributed by atoms with E-state index in [9.17, 15) is 14.7 Å². The average molecular weight is 576 g/mol. The lowest BCUT2D eigenvalue weighted by Crippen LogP contribution is -2.41. The van der Waals surface area contributed by atoms with Gasteiger partial charge in [0.05, 0.1) is 47.3 Å². The zero-order chi connectivity index (χ0) is 26.5. The van der Waals surface area contributed by atoms with E-state index in [4.69, 9.17) is 9.47 Å². The third-order valence-corrected chi connectivity index (χ3v) is 7.12. The average Bonchev–Trinajstić information content (AvgIpc) is 3.62. The van der Waals surface area contributed by atoms with Crippen LogP contribution in [0.3, 0.4) is 0 Å². The Labute approximate surface area is 222 Å². The van der Waals surface area contributed by atoms with Crippen LogP contribution >= 0.6 is 15.9 Å². The predicted octanol–water partition coefficient (Wildman–Crippen LogP) is 3.05. The van der Waals surface area contributed by atoms with Gasteiger partial charge in [0, 0.05) is 38.4 Å². The number of hydrogen-bond donors (Lipinski definition) is 3. The normalized spacial score (nSPS) is 15.8. The maximum atomic E-state index is 12.9. The number of aliphatic hydroxyl groups is 1. The van der Waals surface area contributed by atoms with Crippen molar-refractivity contribution in [2.45, 2.75) is 33.0 Å². The summed E-state index contributed by atoms with van der Waals surface area (Å²) in [7, 11) is 1.86. The summed E-state index contributed by atoms with van der Waals surface area (Å²) in [5, 5.41) is 13.1. The molecule has 4 rings (SSSR count). The Morgan fingerprint density at radius 1 is 1.32 bits per heavy atom. The molecule has 3 aromatic rings. The molecule has 3 atom stereocenters. The van der Waals surface area contributed by atoms with Crippen molar-refractivity contribution in [3.8, 4) is 0 Å². The number of aliphatic hydroxyl groups excluding tert-OH is 1. The minimum atomic E-state index is -1.13. The number of halogens is 1. The maximum absolute atomic E-state index is 12.9. The summed E-state index contributed by atoms with van der Waals surface area (Å²) in [6.45, 7) is 3.87. The fourth-order valence-corrected chi connectivity index (χ4v) is 4.83. The molecule has 1 amide bonds. The highest BCUT2D eigenvalue weighted by molar-refractivity contribution is 9.10. The Bertz CT molecular complexity index is 1290. The molecule has 0 saturated carbocycles. The summed E-state index contributed by atoms with van der Waals surface area (Å²) in [5.74, 6) is -1.14. The Balaban J connectivity index is 1.35. The molecule has 1 unspecified atom stereocenters. The number of H-pyrrole nitrogens is 1. The lowest BCUT2D eigenvalue weighted by atomic mass is 9.87. The second kappa shape index (κ2) is 11.7. The van der Waals surface area contributed by atoms with Crippen molar-refractivity contribution in [2.24, 2.45) is 23.9 Å². The highest BCUT2D eigenvalue weighted by Crippen LogP contribution is 2.30. The summed E-state index contributed by atoms with van der Waals surface area (Å²) in [5.41, 5.74) is 3.20. The highest BCUT2D eigenvalue weighted by atomic mass is 79.9. The number of nitrogens with zero attached hydrogens (tertiary/aromatic N) is 5. The molecule has 37 heavy (non-hydrogen) atoms. The number of guanidine groups is 1. The van der Waals surface area contributed by atoms with E-state index in [0.29, 0.717) is 37.6 Å². The van der Waals surface area contributed by atoms with Gasteiger partial charge < -0.3 is 29.4 Å². The standard InChI is InChI=1S/C24H30BrN7O5/c1-4-17(15(11-33)9-16-10-26-13-31(16)3)22(34)36-14(2)37-24(35)32-8-7-27-23(32)30-18-5-6-19-21(20(18)25)29-12-28-19/h5-6,10,12-15,17,33H,4,7-9,11H2,1-3H3,(H,27,30)(H,28,29)/t14?,15-,17-/m0/s1. The van der Waals surface area contributed by atoms with Gasteiger partial charge in [0.2, 0.25) is 12.2 Å². The zero-order valence-electron chi connectivity index (χ0n) is 20.8. The van der Waals surface area contributed by atoms with Gasteiger partial charge in [-0.15, -0.1) is 0 Å². The number of aromatic amines is 1. The second-order valence-electron chi connectivity index (χ2n) is 8.75. The number of nitrogens with one attached hydrogen (secondary N) is 2. The number of esters is 1. The molecule has 3 heterocycles. The molecule has 198 valence electrons. The molecule has 0 fully saturated rings. The lowest BCUT2D eigenvalue weighted by Gasteiger charge is -2.26. The van der Waals surface area contributed by atoms with E-state index in [-0.39, 0.29) is 12.5 Å². The fourth-order valence-electron chi connectivity index (χ4n) is 4.28. The van der Waals surface area contributed by atoms with Gasteiger partial charge in [0.15, 0.2) is 0 Å². The molecule has 3 N–H and O–H groups in total. The SMILES string of the molecule is CC[C@H](C(=O)OC(C)OC(=O)N1CCN=C1Nc1ccc2[nH]cnc2c1Br)[C@H](CO)Cc1cncn1C. The predicted molar refractivity (Wildman–Crippen MR) is 140 cm³/mol. The first-order valence-electron chi connectivity index (χ1n) is 12.0. The molecule has 1 aliphatic heterocycles. The van der Waals surface area contributed by atoms with E-state index in [1.54, 1.807) is 18.9 Å². The zero-order valence-corrected chi connectivity index (χ0v) is 22.4. The fraction of sp³-hybridized carbons (Fsp3) is 0.458. The topological polar surface area (TPSA) is 147 Å². The van der Waals surface area contributed by atoms with Gasteiger partial charge in [-0.1, -0.05) is 6.92 Å². The number of rotatable bonds is 9. The number of ether oxygens (including phenoxy) is 2. The highest BCUT2D eigenvalue weighted by Gasteiger charge is 2.32. The molecule has 2 aromatic heterocycles. The molecule has 13 heteroatoms. The van der Waals surface area contributed by atoms with Crippen molar-refractivity contribution >= 4 is 50.7 Å². The minimum Gasteiger partial charge on any atom is -0.425 e. The number of aromatic nitrogens is 4. The number of imidazole rings is 2. The summed E-state index contributed by atoms with van der Waals surface area (Å²) < 4.78 is 13.4. The van der Waals surface area contributed by atoms with Crippen LogP contribution in [-0.2, 0) is 27.7 Å². The van der Waals surface area contributed by atoms with Crippen molar-refractivity contribution in [3.63, 3.8) is 0 Å². The third-order valence-electron chi connectivity index (χ3n) is 6.32. The first kappa shape index (κ1) is 26.6. The van der Waals surface area contributed by atoms with Crippen molar-refractivity contribution in [1.29, 1.82) is 0 Å². The number of benzene rings is 1. The largest absolute Gasteiger partial charge is 0.425 e. The van der Waals surface area contributed by atoms with Crippen LogP contribution in [-0.4, -0.2) is 73.5 Å². The van der Waals surface area contributed by atoms with Gasteiger partial charge in [-0.2, -0.15) is 0 Å². The first-order chi connectivity index (χ1) is 17.8. The Morgan fingerprint density at radius 3 is 2.84 bits per heavy atom. The maximum Gasteiger partial charge on any atom is 0.419 e. The number of carbonyl (C=O) groups is 2. The quantitative estimate of drug-likeness (QED) is 0.260. The van der Waals surface area contributed by atoms with Gasteiger partial charge in [-0.05, 0) is 40.9 Å². The van der Waals surface area contributed by atoms with Crippen LogP contribution in [0.5, 0.6) is 0 Å². The van der Waals surface area contributed by atoms with Crippen LogP contribution < -0.4 is 5.32 Å². The summed E-state index contributed by atoms with van der Waals surface area (Å²) in [6, 6.07) is 3.71. The van der Waals surface area contributed by atoms with Crippen LogP contribution in [0.1, 0.15) is 26.0 Å². The summed E-state index contributed by atoms with van der Waals surface area (Å²) >= 11 is 3.54. The molecule has 0 aliphatic carbocycles. The molecule has 1 aliphatic rings. The molecule has 12 nitrogen and oxygen atoms in total. The number of aryl methyl sites for hydroxylation is 1. The number of carbonyl (C=O) groups excluding carboxylic acids is 2. The van der Waals surface area contributed by atoms with Crippen LogP contribution in [0.15, 0.2) is 40.4 Å². The molecular weight excluding hydrogens is 546 g/mol. The third kappa shape index (κ3) is 5.93. The van der Waals surface area contributed by atoms with E-state index in [1.807, 2.05) is 30.7 Å². The molecule has 0 spiro atoms. The number of amides is 1. The van der Waals surface area contributed by atoms with Crippen molar-refractivity contribution in [1.82, 2.24) is 24.4 Å². The van der Waals surface area contributed by atoms with Crippen molar-refractivity contribution < 1.29 is 24.2 Å². The minimum absolute atomic E-state index is 0.189. The van der Waals surface area contributed by atoms with Crippen molar-refractivity contribution in [2.75, 3.05) is 25.0 Å². The van der Waals surface area contributed by atoms with E-state index in [0.717, 1.165) is 21.2 Å². The Kier molecular flexibility index (Phi) is 8.44. The van der Waals surface area contributed by atoms with Crippen molar-refractivity contribution in [3.05, 3.63) is 41.2 Å². The molecule has 0 radical (unpaired) electrons. The Hall–Kier alpha value is -3.45. The van der Waals surface area contributed by atoms with Gasteiger partial charge in [-0.3, -0.25) is 9.79 Å². The lowest BCUT2D eigenvalue weighted by molar-refractivity contribution is -0.173. The number of anilines is 1. The van der Waals surface area contributed by atoms with Gasteiger partial charge >= 0.3 is 12.1 Å². The van der Waals surface area contributed by atoms with Crippen LogP contribution in [0, 0.1) is 11.8 Å². The van der Waals surface area contributed by atoms with Crippen LogP contribution in [0.25, 0.3) is 11.0 Å². The van der Waals surface area contributed by atoms with Gasteiger partial charge in [0.1, 0.15) is 5.52 Å². The van der Waals surface area contributed by atoms with Gasteiger partial charge in [-0.25, -0.2) is 19.7 Å². The van der Waals surface area contributed by atoms with E-state index in [2.05, 4.69) is 41.2 Å².